The molecular formula is C6H3CsF2. The maximum atomic E-state index is 11.9. The second-order valence-electron chi connectivity index (χ2n) is 1.33. The molecule has 0 aliphatic rings. The third-order valence-electron chi connectivity index (χ3n) is 0.759. The fourth-order valence-corrected chi connectivity index (χ4v) is 0.396. The first kappa shape index (κ1) is 10.1. The first-order valence-electron chi connectivity index (χ1n) is 2.12. The molecule has 0 aliphatic heterocycles. The number of rotatable bonds is 0. The molecule has 0 amide bonds. The molecule has 0 bridgehead atoms. The molecule has 0 saturated heterocycles. The largest absolute Gasteiger partial charge is 1.00 e. The molecular weight excluding hydrogens is 243 g/mol. The number of hydrogen-bond donors (Lipinski definition) is 0. The van der Waals surface area contributed by atoms with Crippen LogP contribution in [0.5, 0.6) is 0 Å². The Labute approximate surface area is 111 Å². The van der Waals surface area contributed by atoms with Crippen LogP contribution in [0.4, 0.5) is 8.78 Å². The van der Waals surface area contributed by atoms with E-state index in [1.807, 2.05) is 0 Å². The molecule has 0 aromatic heterocycles. The van der Waals surface area contributed by atoms with Gasteiger partial charge in [0.2, 0.25) is 0 Å². The van der Waals surface area contributed by atoms with Crippen LogP contribution in [0.2, 0.25) is 0 Å². The van der Waals surface area contributed by atoms with Crippen molar-refractivity contribution in [2.24, 2.45) is 0 Å². The van der Waals surface area contributed by atoms with Gasteiger partial charge in [-0.2, -0.15) is 12.1 Å². The Morgan fingerprint density at radius 2 is 2.00 bits per heavy atom. The zero-order chi connectivity index (χ0) is 5.98. The van der Waals surface area contributed by atoms with Gasteiger partial charge in [0.25, 0.3) is 0 Å². The van der Waals surface area contributed by atoms with Gasteiger partial charge in [0, 0.05) is 11.6 Å². The van der Waals surface area contributed by atoms with E-state index < -0.39 is 11.6 Å². The van der Waals surface area contributed by atoms with E-state index in [0.717, 1.165) is 6.07 Å². The maximum Gasteiger partial charge on any atom is 1.00 e. The van der Waals surface area contributed by atoms with E-state index in [1.54, 1.807) is 0 Å². The van der Waals surface area contributed by atoms with Crippen LogP contribution in [0.1, 0.15) is 0 Å². The summed E-state index contributed by atoms with van der Waals surface area (Å²) < 4.78 is 23.8. The Morgan fingerprint density at radius 1 is 1.33 bits per heavy atom. The molecule has 0 heterocycles. The predicted molar refractivity (Wildman–Crippen MR) is 25.2 cm³/mol. The fraction of sp³-hybridized carbons (Fsp3) is 0. The van der Waals surface area contributed by atoms with E-state index in [-0.39, 0.29) is 68.9 Å². The molecule has 0 aliphatic carbocycles. The Bertz CT molecular complexity index is 167. The maximum absolute atomic E-state index is 11.9. The van der Waals surface area contributed by atoms with Crippen molar-refractivity contribution in [3.63, 3.8) is 0 Å². The van der Waals surface area contributed by atoms with Crippen LogP contribution < -0.4 is 68.9 Å². The van der Waals surface area contributed by atoms with E-state index in [2.05, 4.69) is 6.07 Å². The van der Waals surface area contributed by atoms with Gasteiger partial charge in [-0.3, -0.25) is 4.39 Å². The molecule has 9 heavy (non-hydrogen) atoms. The molecule has 1 rings (SSSR count). The summed E-state index contributed by atoms with van der Waals surface area (Å²) in [6.07, 6.45) is 0. The quantitative estimate of drug-likeness (QED) is 0.503. The van der Waals surface area contributed by atoms with Crippen molar-refractivity contribution in [3.8, 4) is 0 Å². The van der Waals surface area contributed by atoms with Gasteiger partial charge < -0.3 is 0 Å². The molecule has 0 unspecified atom stereocenters. The molecule has 42 valence electrons. The van der Waals surface area contributed by atoms with Crippen LogP contribution in [0.3, 0.4) is 0 Å². The van der Waals surface area contributed by atoms with Gasteiger partial charge in [-0.25, -0.2) is 4.39 Å². The Kier molecular flexibility index (Phi) is 5.49. The third-order valence-corrected chi connectivity index (χ3v) is 0.759. The van der Waals surface area contributed by atoms with Crippen molar-refractivity contribution >= 4 is 0 Å². The molecule has 1 aromatic rings. The van der Waals surface area contributed by atoms with Crippen LogP contribution in [-0.4, -0.2) is 0 Å². The van der Waals surface area contributed by atoms with Crippen molar-refractivity contribution < 1.29 is 77.7 Å². The minimum atomic E-state index is -0.924. The standard InChI is InChI=1S/C6H3F2.Cs/c7-5-3-1-2-4-6(5)8;/h1-3H;/q-1;+1. The number of hydrogen-bond acceptors (Lipinski definition) is 0. The van der Waals surface area contributed by atoms with Crippen molar-refractivity contribution in [1.29, 1.82) is 0 Å². The number of halogens is 2. The number of benzene rings is 1. The Hall–Kier alpha value is 1.13. The van der Waals surface area contributed by atoms with Gasteiger partial charge >= 0.3 is 68.9 Å². The average molecular weight is 246 g/mol. The molecule has 0 spiro atoms. The zero-order valence-electron chi connectivity index (χ0n) is 4.99. The smallest absolute Gasteiger partial charge is 0.281 e. The molecule has 0 nitrogen and oxygen atoms in total. The van der Waals surface area contributed by atoms with Gasteiger partial charge in [-0.15, -0.1) is 12.1 Å². The Morgan fingerprint density at radius 3 is 2.33 bits per heavy atom. The molecule has 0 fully saturated rings. The van der Waals surface area contributed by atoms with Crippen molar-refractivity contribution in [1.82, 2.24) is 0 Å². The van der Waals surface area contributed by atoms with Crippen LogP contribution in [-0.2, 0) is 0 Å². The third kappa shape index (κ3) is 3.16. The minimum absolute atomic E-state index is 0. The van der Waals surface area contributed by atoms with Crippen molar-refractivity contribution in [3.05, 3.63) is 35.9 Å². The first-order chi connectivity index (χ1) is 3.80. The SMILES string of the molecule is Fc1[c-]cccc1F.[Cs+]. The van der Waals surface area contributed by atoms with E-state index in [0.29, 0.717) is 0 Å². The van der Waals surface area contributed by atoms with Gasteiger partial charge in [0.15, 0.2) is 0 Å². The normalized spacial score (nSPS) is 8.22. The van der Waals surface area contributed by atoms with E-state index in [4.69, 9.17) is 0 Å². The second kappa shape index (κ2) is 4.87. The van der Waals surface area contributed by atoms with Crippen LogP contribution in [0, 0.1) is 17.7 Å². The summed E-state index contributed by atoms with van der Waals surface area (Å²) in [6.45, 7) is 0. The average Bonchev–Trinajstić information content (AvgIpc) is 1.77. The first-order valence-corrected chi connectivity index (χ1v) is 2.12. The van der Waals surface area contributed by atoms with Crippen LogP contribution >= 0.6 is 0 Å². The van der Waals surface area contributed by atoms with E-state index in [9.17, 15) is 8.78 Å². The van der Waals surface area contributed by atoms with E-state index >= 15 is 0 Å². The summed E-state index contributed by atoms with van der Waals surface area (Å²) in [5, 5.41) is 0. The monoisotopic (exact) mass is 246 g/mol. The molecule has 3 heteroatoms. The van der Waals surface area contributed by atoms with Gasteiger partial charge in [-0.1, -0.05) is 0 Å². The molecule has 0 N–H and O–H groups in total. The zero-order valence-corrected chi connectivity index (χ0v) is 11.3. The van der Waals surface area contributed by atoms with Crippen molar-refractivity contribution in [2.45, 2.75) is 0 Å². The fourth-order valence-electron chi connectivity index (χ4n) is 0.396. The van der Waals surface area contributed by atoms with Gasteiger partial charge in [-0.05, 0) is 0 Å². The van der Waals surface area contributed by atoms with Crippen molar-refractivity contribution in [2.75, 3.05) is 0 Å². The summed E-state index contributed by atoms with van der Waals surface area (Å²) in [5.41, 5.74) is 0. The molecule has 0 saturated carbocycles. The summed E-state index contributed by atoms with van der Waals surface area (Å²) in [5.74, 6) is -1.78. The Balaban J connectivity index is 0.000000640. The minimum Gasteiger partial charge on any atom is -0.281 e. The molecule has 1 aromatic carbocycles. The van der Waals surface area contributed by atoms with Gasteiger partial charge in [0.1, 0.15) is 0 Å². The molecule has 0 radical (unpaired) electrons. The van der Waals surface area contributed by atoms with E-state index in [1.165, 1.54) is 12.1 Å². The summed E-state index contributed by atoms with van der Waals surface area (Å²) in [6, 6.07) is 5.81. The molecule has 0 atom stereocenters. The summed E-state index contributed by atoms with van der Waals surface area (Å²) >= 11 is 0. The van der Waals surface area contributed by atoms with Crippen LogP contribution in [0.25, 0.3) is 0 Å². The summed E-state index contributed by atoms with van der Waals surface area (Å²) in [4.78, 5) is 0. The predicted octanol–water partition coefficient (Wildman–Crippen LogP) is -1.23. The topological polar surface area (TPSA) is 0 Å². The second-order valence-corrected chi connectivity index (χ2v) is 1.33. The summed E-state index contributed by atoms with van der Waals surface area (Å²) in [7, 11) is 0. The van der Waals surface area contributed by atoms with Gasteiger partial charge in [0.05, 0.1) is 0 Å². The van der Waals surface area contributed by atoms with Crippen LogP contribution in [0.15, 0.2) is 18.2 Å².